The lowest BCUT2D eigenvalue weighted by molar-refractivity contribution is 0.336. The van der Waals surface area contributed by atoms with Crippen molar-refractivity contribution in [3.8, 4) is 0 Å². The second-order valence-electron chi connectivity index (χ2n) is 5.52. The SMILES string of the molecule is CCCC1(C2C=CC=C2)C(C)=C(C)C(C)=C1C. The van der Waals surface area contributed by atoms with Gasteiger partial charge in [-0.15, -0.1) is 0 Å². The lowest BCUT2D eigenvalue weighted by Crippen LogP contribution is -2.29. The van der Waals surface area contributed by atoms with Gasteiger partial charge in [-0.3, -0.25) is 0 Å². The Kier molecular flexibility index (Phi) is 3.16. The molecule has 2 aliphatic carbocycles. The molecule has 2 rings (SSSR count). The third kappa shape index (κ3) is 1.57. The van der Waals surface area contributed by atoms with E-state index in [2.05, 4.69) is 58.9 Å². The molecular weight excluding hydrogens is 204 g/mol. The Morgan fingerprint density at radius 1 is 0.941 bits per heavy atom. The molecule has 92 valence electrons. The Morgan fingerprint density at radius 2 is 1.41 bits per heavy atom. The van der Waals surface area contributed by atoms with E-state index in [1.54, 1.807) is 11.1 Å². The van der Waals surface area contributed by atoms with E-state index in [9.17, 15) is 0 Å². The predicted molar refractivity (Wildman–Crippen MR) is 75.9 cm³/mol. The van der Waals surface area contributed by atoms with Gasteiger partial charge < -0.3 is 0 Å². The van der Waals surface area contributed by atoms with Gasteiger partial charge >= 0.3 is 0 Å². The summed E-state index contributed by atoms with van der Waals surface area (Å²) in [5.74, 6) is 0.565. The minimum absolute atomic E-state index is 0.270. The highest BCUT2D eigenvalue weighted by Gasteiger charge is 2.44. The van der Waals surface area contributed by atoms with Crippen molar-refractivity contribution in [1.29, 1.82) is 0 Å². The van der Waals surface area contributed by atoms with Crippen LogP contribution < -0.4 is 0 Å². The van der Waals surface area contributed by atoms with Crippen LogP contribution in [-0.2, 0) is 0 Å². The van der Waals surface area contributed by atoms with Crippen LogP contribution in [0.2, 0.25) is 0 Å². The Labute approximate surface area is 106 Å². The molecule has 0 N–H and O–H groups in total. The van der Waals surface area contributed by atoms with Gasteiger partial charge in [-0.2, -0.15) is 0 Å². The molecule has 2 aliphatic rings. The number of hydrogen-bond donors (Lipinski definition) is 0. The van der Waals surface area contributed by atoms with Gasteiger partial charge in [-0.25, -0.2) is 0 Å². The molecule has 0 fully saturated rings. The summed E-state index contributed by atoms with van der Waals surface area (Å²) in [6.07, 6.45) is 11.6. The van der Waals surface area contributed by atoms with Crippen LogP contribution in [-0.4, -0.2) is 0 Å². The van der Waals surface area contributed by atoms with Crippen LogP contribution in [0.5, 0.6) is 0 Å². The summed E-state index contributed by atoms with van der Waals surface area (Å²) < 4.78 is 0. The summed E-state index contributed by atoms with van der Waals surface area (Å²) in [7, 11) is 0. The third-order valence-corrected chi connectivity index (χ3v) is 4.99. The molecular formula is C17H24. The van der Waals surface area contributed by atoms with Crippen LogP contribution in [0.15, 0.2) is 46.6 Å². The number of allylic oxidation sites excluding steroid dienone is 8. The van der Waals surface area contributed by atoms with Gasteiger partial charge in [0.15, 0.2) is 0 Å². The highest BCUT2D eigenvalue weighted by atomic mass is 14.5. The van der Waals surface area contributed by atoms with Gasteiger partial charge in [0, 0.05) is 11.3 Å². The van der Waals surface area contributed by atoms with Crippen LogP contribution in [0, 0.1) is 11.3 Å². The fraction of sp³-hybridized carbons (Fsp3) is 0.529. The van der Waals surface area contributed by atoms with E-state index < -0.39 is 0 Å². The lowest BCUT2D eigenvalue weighted by atomic mass is 9.65. The second-order valence-corrected chi connectivity index (χ2v) is 5.52. The van der Waals surface area contributed by atoms with E-state index in [0.717, 1.165) is 0 Å². The van der Waals surface area contributed by atoms with E-state index >= 15 is 0 Å². The highest BCUT2D eigenvalue weighted by molar-refractivity contribution is 5.53. The van der Waals surface area contributed by atoms with Crippen molar-refractivity contribution in [2.24, 2.45) is 11.3 Å². The van der Waals surface area contributed by atoms with E-state index in [4.69, 9.17) is 0 Å². The monoisotopic (exact) mass is 228 g/mol. The van der Waals surface area contributed by atoms with Crippen molar-refractivity contribution >= 4 is 0 Å². The normalized spacial score (nSPS) is 23.4. The Bertz CT molecular complexity index is 405. The highest BCUT2D eigenvalue weighted by Crippen LogP contribution is 2.55. The van der Waals surface area contributed by atoms with Crippen molar-refractivity contribution in [3.05, 3.63) is 46.6 Å². The molecule has 0 unspecified atom stereocenters. The maximum Gasteiger partial charge on any atom is 0.0224 e. The van der Waals surface area contributed by atoms with Crippen molar-refractivity contribution in [2.75, 3.05) is 0 Å². The number of hydrogen-bond acceptors (Lipinski definition) is 0. The predicted octanol–water partition coefficient (Wildman–Crippen LogP) is 5.20. The summed E-state index contributed by atoms with van der Waals surface area (Å²) >= 11 is 0. The molecule has 0 aromatic rings. The molecule has 0 amide bonds. The summed E-state index contributed by atoms with van der Waals surface area (Å²) in [5.41, 5.74) is 6.49. The zero-order chi connectivity index (χ0) is 12.6. The maximum atomic E-state index is 2.37. The summed E-state index contributed by atoms with van der Waals surface area (Å²) in [4.78, 5) is 0. The fourth-order valence-corrected chi connectivity index (χ4v) is 3.71. The van der Waals surface area contributed by atoms with Gasteiger partial charge in [0.1, 0.15) is 0 Å². The summed E-state index contributed by atoms with van der Waals surface area (Å²) in [6, 6.07) is 0. The smallest absolute Gasteiger partial charge is 0.0224 e. The number of rotatable bonds is 3. The molecule has 0 nitrogen and oxygen atoms in total. The van der Waals surface area contributed by atoms with E-state index in [-0.39, 0.29) is 5.41 Å². The summed E-state index contributed by atoms with van der Waals surface area (Å²) in [6.45, 7) is 11.5. The molecule has 17 heavy (non-hydrogen) atoms. The molecule has 0 aromatic carbocycles. The van der Waals surface area contributed by atoms with E-state index in [0.29, 0.717) is 5.92 Å². The van der Waals surface area contributed by atoms with Gasteiger partial charge in [0.25, 0.3) is 0 Å². The van der Waals surface area contributed by atoms with Crippen LogP contribution >= 0.6 is 0 Å². The minimum Gasteiger partial charge on any atom is -0.0764 e. The summed E-state index contributed by atoms with van der Waals surface area (Å²) in [5, 5.41) is 0. The second kappa shape index (κ2) is 4.33. The Hall–Kier alpha value is -1.04. The quantitative estimate of drug-likeness (QED) is 0.622. The van der Waals surface area contributed by atoms with Crippen LogP contribution in [0.25, 0.3) is 0 Å². The molecule has 0 saturated heterocycles. The molecule has 0 spiro atoms. The lowest BCUT2D eigenvalue weighted by Gasteiger charge is -2.38. The first kappa shape index (κ1) is 12.4. The van der Waals surface area contributed by atoms with E-state index in [1.165, 1.54) is 24.0 Å². The first-order chi connectivity index (χ1) is 8.05. The fourth-order valence-electron chi connectivity index (χ4n) is 3.71. The minimum atomic E-state index is 0.270. The molecule has 0 heterocycles. The maximum absolute atomic E-state index is 2.37. The van der Waals surface area contributed by atoms with Gasteiger partial charge in [0.05, 0.1) is 0 Å². The van der Waals surface area contributed by atoms with Gasteiger partial charge in [0.2, 0.25) is 0 Å². The molecule has 0 atom stereocenters. The van der Waals surface area contributed by atoms with Crippen molar-refractivity contribution in [2.45, 2.75) is 47.5 Å². The topological polar surface area (TPSA) is 0 Å². The Morgan fingerprint density at radius 3 is 1.82 bits per heavy atom. The van der Waals surface area contributed by atoms with Gasteiger partial charge in [-0.05, 0) is 45.3 Å². The average molecular weight is 228 g/mol. The van der Waals surface area contributed by atoms with Crippen molar-refractivity contribution < 1.29 is 0 Å². The zero-order valence-electron chi connectivity index (χ0n) is 11.8. The standard InChI is InChI=1S/C17H24/c1-6-11-17(16-9-7-8-10-16)14(4)12(2)13(3)15(17)5/h7-10,16H,6,11H2,1-5H3. The van der Waals surface area contributed by atoms with Crippen LogP contribution in [0.4, 0.5) is 0 Å². The molecule has 0 radical (unpaired) electrons. The largest absolute Gasteiger partial charge is 0.0764 e. The van der Waals surface area contributed by atoms with Gasteiger partial charge in [-0.1, -0.05) is 48.8 Å². The first-order valence-corrected chi connectivity index (χ1v) is 6.77. The third-order valence-electron chi connectivity index (χ3n) is 4.99. The molecule has 0 bridgehead atoms. The zero-order valence-corrected chi connectivity index (χ0v) is 11.8. The van der Waals surface area contributed by atoms with Crippen LogP contribution in [0.1, 0.15) is 47.5 Å². The average Bonchev–Trinajstić information content (AvgIpc) is 2.90. The Balaban J connectivity index is 2.56. The first-order valence-electron chi connectivity index (χ1n) is 6.77. The molecule has 0 saturated carbocycles. The van der Waals surface area contributed by atoms with E-state index in [1.807, 2.05) is 0 Å². The van der Waals surface area contributed by atoms with Crippen molar-refractivity contribution in [3.63, 3.8) is 0 Å². The molecule has 0 aliphatic heterocycles. The molecule has 0 heteroatoms. The van der Waals surface area contributed by atoms with Crippen LogP contribution in [0.3, 0.4) is 0 Å². The molecule has 0 aromatic heterocycles. The van der Waals surface area contributed by atoms with Crippen molar-refractivity contribution in [1.82, 2.24) is 0 Å².